The van der Waals surface area contributed by atoms with Crippen molar-refractivity contribution in [2.75, 3.05) is 0 Å². The Morgan fingerprint density at radius 2 is 2.33 bits per heavy atom. The Bertz CT molecular complexity index is 450. The van der Waals surface area contributed by atoms with Crippen molar-refractivity contribution < 1.29 is 0 Å². The van der Waals surface area contributed by atoms with Gasteiger partial charge >= 0.3 is 5.69 Å². The number of aromatic nitrogens is 2. The van der Waals surface area contributed by atoms with Gasteiger partial charge in [0.25, 0.3) is 5.56 Å². The second kappa shape index (κ2) is 2.93. The fourth-order valence-corrected chi connectivity index (χ4v) is 0.663. The maximum Gasteiger partial charge on any atom is 0.423 e. The quantitative estimate of drug-likeness (QED) is 0.359. The van der Waals surface area contributed by atoms with Crippen LogP contribution in [-0.2, 0) is 0 Å². The number of rotatable bonds is 1. The summed E-state index contributed by atoms with van der Waals surface area (Å²) in [6.45, 7) is 1.50. The Hall–Kier alpha value is -2.01. The zero-order valence-corrected chi connectivity index (χ0v) is 6.18. The molecule has 0 amide bonds. The van der Waals surface area contributed by atoms with Gasteiger partial charge in [-0.25, -0.2) is 4.79 Å². The molecule has 0 aliphatic rings. The minimum absolute atomic E-state index is 0.307. The Morgan fingerprint density at radius 1 is 1.67 bits per heavy atom. The van der Waals surface area contributed by atoms with Gasteiger partial charge in [0, 0.05) is 0 Å². The lowest BCUT2D eigenvalue weighted by molar-refractivity contribution is 0.754. The van der Waals surface area contributed by atoms with Crippen LogP contribution >= 0.6 is 0 Å². The molecular formula is C5H5N5O2. The van der Waals surface area contributed by atoms with Crippen molar-refractivity contribution in [2.24, 2.45) is 5.22 Å². The molecule has 0 aliphatic carbocycles. The first-order valence-electron chi connectivity index (χ1n) is 3.03. The van der Waals surface area contributed by atoms with Crippen LogP contribution in [0, 0.1) is 6.92 Å². The van der Waals surface area contributed by atoms with Crippen LogP contribution in [0.15, 0.2) is 21.0 Å². The zero-order valence-electron chi connectivity index (χ0n) is 6.18. The number of hydrogen-bond acceptors (Lipinski definition) is 3. The van der Waals surface area contributed by atoms with Crippen LogP contribution < -0.4 is 11.2 Å². The normalized spacial score (nSPS) is 9.08. The predicted octanol–water partition coefficient (Wildman–Crippen LogP) is -0.0816. The molecule has 0 saturated heterocycles. The summed E-state index contributed by atoms with van der Waals surface area (Å²) in [5.41, 5.74) is 7.09. The molecule has 0 atom stereocenters. The van der Waals surface area contributed by atoms with E-state index in [1.54, 1.807) is 0 Å². The average Bonchev–Trinajstić information content (AvgIpc) is 2.01. The molecule has 0 aromatic carbocycles. The molecule has 1 heterocycles. The summed E-state index contributed by atoms with van der Waals surface area (Å²) < 4.78 is 0.719. The molecule has 1 N–H and O–H groups in total. The first kappa shape index (κ1) is 8.09. The Labute approximate surface area is 65.9 Å². The number of hydrogen-bond donors (Lipinski definition) is 1. The highest BCUT2D eigenvalue weighted by Gasteiger charge is 2.00. The second-order valence-electron chi connectivity index (χ2n) is 2.09. The van der Waals surface area contributed by atoms with Gasteiger partial charge in [-0.05, 0) is 12.1 Å². The van der Waals surface area contributed by atoms with Crippen molar-refractivity contribution in [3.8, 4) is 0 Å². The Kier molecular flexibility index (Phi) is 1.98. The molecule has 0 saturated carbocycles. The standard InChI is InChI=1S/C5H5N5O2/c1-3-2-10(9-8-6)5(12)7-4(3)11/h2H,1H3,(H,7,11,12). The summed E-state index contributed by atoms with van der Waals surface area (Å²) in [4.78, 5) is 26.0. The lowest BCUT2D eigenvalue weighted by Gasteiger charge is -1.90. The van der Waals surface area contributed by atoms with Crippen molar-refractivity contribution in [1.29, 1.82) is 0 Å². The topological polar surface area (TPSA) is 104 Å². The summed E-state index contributed by atoms with van der Waals surface area (Å²) in [6, 6.07) is 0. The van der Waals surface area contributed by atoms with Crippen LogP contribution in [0.25, 0.3) is 10.4 Å². The molecule has 12 heavy (non-hydrogen) atoms. The molecule has 0 bridgehead atoms. The zero-order chi connectivity index (χ0) is 9.14. The van der Waals surface area contributed by atoms with E-state index in [0.717, 1.165) is 4.68 Å². The molecule has 1 aromatic rings. The molecular weight excluding hydrogens is 162 g/mol. The van der Waals surface area contributed by atoms with Gasteiger partial charge in [0.05, 0.1) is 5.56 Å². The van der Waals surface area contributed by atoms with E-state index in [2.05, 4.69) is 10.1 Å². The fourth-order valence-electron chi connectivity index (χ4n) is 0.663. The first-order chi connectivity index (χ1) is 5.65. The largest absolute Gasteiger partial charge is 0.423 e. The van der Waals surface area contributed by atoms with E-state index >= 15 is 0 Å². The van der Waals surface area contributed by atoms with Crippen LogP contribution in [0.2, 0.25) is 0 Å². The third kappa shape index (κ3) is 1.35. The highest BCUT2D eigenvalue weighted by Crippen LogP contribution is 1.82. The van der Waals surface area contributed by atoms with Gasteiger partial charge < -0.3 is 0 Å². The number of H-pyrrole nitrogens is 1. The van der Waals surface area contributed by atoms with Gasteiger partial charge in [0.15, 0.2) is 0 Å². The Morgan fingerprint density at radius 3 is 2.92 bits per heavy atom. The van der Waals surface area contributed by atoms with E-state index in [1.165, 1.54) is 13.1 Å². The van der Waals surface area contributed by atoms with E-state index in [1.807, 2.05) is 4.98 Å². The van der Waals surface area contributed by atoms with E-state index in [-0.39, 0.29) is 0 Å². The molecule has 0 unspecified atom stereocenters. The van der Waals surface area contributed by atoms with E-state index in [9.17, 15) is 9.59 Å². The smallest absolute Gasteiger partial charge is 0.269 e. The Balaban J connectivity index is 3.53. The summed E-state index contributed by atoms with van der Waals surface area (Å²) in [5, 5.41) is 3.02. The monoisotopic (exact) mass is 167 g/mol. The summed E-state index contributed by atoms with van der Waals surface area (Å²) in [5.74, 6) is 0. The van der Waals surface area contributed by atoms with E-state index in [0.29, 0.717) is 5.56 Å². The minimum Gasteiger partial charge on any atom is -0.269 e. The fraction of sp³-hybridized carbons (Fsp3) is 0.200. The number of azide groups is 1. The lowest BCUT2D eigenvalue weighted by Crippen LogP contribution is -2.28. The maximum atomic E-state index is 10.8. The summed E-state index contributed by atoms with van der Waals surface area (Å²) in [6.07, 6.45) is 1.17. The molecule has 7 nitrogen and oxygen atoms in total. The third-order valence-electron chi connectivity index (χ3n) is 1.24. The molecule has 62 valence electrons. The van der Waals surface area contributed by atoms with Crippen molar-refractivity contribution in [1.82, 2.24) is 9.66 Å². The predicted molar refractivity (Wildman–Crippen MR) is 40.6 cm³/mol. The lowest BCUT2D eigenvalue weighted by atomic mass is 10.4. The molecule has 0 aliphatic heterocycles. The summed E-state index contributed by atoms with van der Waals surface area (Å²) in [7, 11) is 0. The second-order valence-corrected chi connectivity index (χ2v) is 2.09. The van der Waals surface area contributed by atoms with Gasteiger partial charge in [-0.15, -0.1) is 10.2 Å². The van der Waals surface area contributed by atoms with Crippen LogP contribution in [-0.4, -0.2) is 9.66 Å². The summed E-state index contributed by atoms with van der Waals surface area (Å²) >= 11 is 0. The van der Waals surface area contributed by atoms with Gasteiger partial charge in [0.1, 0.15) is 6.20 Å². The number of aryl methyl sites for hydroxylation is 1. The van der Waals surface area contributed by atoms with Crippen LogP contribution in [0.1, 0.15) is 5.56 Å². The van der Waals surface area contributed by atoms with E-state index in [4.69, 9.17) is 5.53 Å². The highest BCUT2D eigenvalue weighted by molar-refractivity contribution is 5.00. The van der Waals surface area contributed by atoms with E-state index < -0.39 is 11.2 Å². The van der Waals surface area contributed by atoms with Crippen molar-refractivity contribution in [2.45, 2.75) is 6.92 Å². The molecule has 1 aromatic heterocycles. The van der Waals surface area contributed by atoms with Crippen LogP contribution in [0.3, 0.4) is 0 Å². The SMILES string of the molecule is Cc1cn(N=[N+]=[N-])c(=O)[nH]c1=O. The number of nitrogens with zero attached hydrogens (tertiary/aromatic N) is 4. The average molecular weight is 167 g/mol. The van der Waals surface area contributed by atoms with Gasteiger partial charge in [0.2, 0.25) is 0 Å². The van der Waals surface area contributed by atoms with Gasteiger partial charge in [-0.1, -0.05) is 0 Å². The molecule has 0 fully saturated rings. The highest BCUT2D eigenvalue weighted by atomic mass is 16.2. The number of nitrogens with one attached hydrogen (secondary N) is 1. The minimum atomic E-state index is -0.747. The maximum absolute atomic E-state index is 10.8. The van der Waals surface area contributed by atoms with Gasteiger partial charge in [-0.3, -0.25) is 9.78 Å². The van der Waals surface area contributed by atoms with Crippen molar-refractivity contribution in [3.05, 3.63) is 43.0 Å². The van der Waals surface area contributed by atoms with Crippen LogP contribution in [0.4, 0.5) is 0 Å². The molecule has 1 rings (SSSR count). The van der Waals surface area contributed by atoms with Crippen molar-refractivity contribution in [3.63, 3.8) is 0 Å². The molecule has 0 spiro atoms. The van der Waals surface area contributed by atoms with Crippen LogP contribution in [0.5, 0.6) is 0 Å². The first-order valence-corrected chi connectivity index (χ1v) is 3.03. The van der Waals surface area contributed by atoms with Crippen molar-refractivity contribution >= 4 is 0 Å². The molecule has 0 radical (unpaired) electrons. The molecule has 7 heteroatoms. The third-order valence-corrected chi connectivity index (χ3v) is 1.24. The van der Waals surface area contributed by atoms with Gasteiger partial charge in [-0.2, -0.15) is 4.91 Å². The number of aromatic amines is 1.